The summed E-state index contributed by atoms with van der Waals surface area (Å²) in [6.07, 6.45) is 3.29. The molecule has 0 saturated carbocycles. The Bertz CT molecular complexity index is 1710. The van der Waals surface area contributed by atoms with Gasteiger partial charge in [-0.1, -0.05) is 91.0 Å². The molecule has 0 unspecified atom stereocenters. The number of nitrogens with zero attached hydrogens (tertiary/aromatic N) is 1. The van der Waals surface area contributed by atoms with Crippen molar-refractivity contribution in [1.82, 2.24) is 0 Å². The second kappa shape index (κ2) is 8.03. The molecule has 0 radical (unpaired) electrons. The van der Waals surface area contributed by atoms with Gasteiger partial charge in [-0.3, -0.25) is 0 Å². The number of hydrogen-bond donors (Lipinski definition) is 0. The molecule has 6 aromatic rings. The molecular formula is C33H23NO. The van der Waals surface area contributed by atoms with Crippen LogP contribution in [0.2, 0.25) is 0 Å². The molecule has 1 aliphatic rings. The van der Waals surface area contributed by atoms with Crippen molar-refractivity contribution < 1.29 is 4.42 Å². The van der Waals surface area contributed by atoms with Crippen LogP contribution in [-0.4, -0.2) is 0 Å². The normalized spacial score (nSPS) is 12.6. The average molecular weight is 450 g/mol. The van der Waals surface area contributed by atoms with Gasteiger partial charge in [0.2, 0.25) is 0 Å². The van der Waals surface area contributed by atoms with Crippen LogP contribution >= 0.6 is 0 Å². The monoisotopic (exact) mass is 449 g/mol. The number of hydrogen-bond acceptors (Lipinski definition) is 2. The molecule has 1 aromatic heterocycles. The van der Waals surface area contributed by atoms with E-state index >= 15 is 0 Å². The third-order valence-electron chi connectivity index (χ3n) is 6.88. The van der Waals surface area contributed by atoms with Crippen LogP contribution < -0.4 is 4.90 Å². The van der Waals surface area contributed by atoms with Crippen molar-refractivity contribution in [3.8, 4) is 0 Å². The minimum absolute atomic E-state index is 0.901. The molecule has 0 N–H and O–H groups in total. The standard InChI is InChI=1S/C33H23NO/c1-3-10-23(11-4-1)25-20-24-18-19-28(22-26(24)21-25)34(27-12-5-2-6-13-27)31-16-9-15-30-29-14-7-8-17-32(29)35-33(30)31/h1-19,21-22H,20H2. The number of benzene rings is 5. The zero-order valence-corrected chi connectivity index (χ0v) is 19.2. The Hall–Kier alpha value is -4.56. The van der Waals surface area contributed by atoms with E-state index in [1.165, 1.54) is 22.3 Å². The molecule has 35 heavy (non-hydrogen) atoms. The molecule has 5 aromatic carbocycles. The van der Waals surface area contributed by atoms with Gasteiger partial charge in [0.25, 0.3) is 0 Å². The number of anilines is 3. The van der Waals surface area contributed by atoms with Gasteiger partial charge in [-0.05, 0) is 65.1 Å². The van der Waals surface area contributed by atoms with Crippen molar-refractivity contribution in [3.63, 3.8) is 0 Å². The predicted octanol–water partition coefficient (Wildman–Crippen LogP) is 9.15. The first-order chi connectivity index (χ1) is 17.3. The van der Waals surface area contributed by atoms with E-state index < -0.39 is 0 Å². The molecule has 7 rings (SSSR count). The van der Waals surface area contributed by atoms with Crippen molar-refractivity contribution in [1.29, 1.82) is 0 Å². The lowest BCUT2D eigenvalue weighted by Gasteiger charge is -2.26. The lowest BCUT2D eigenvalue weighted by atomic mass is 10.0. The molecular weight excluding hydrogens is 426 g/mol. The minimum Gasteiger partial charge on any atom is -0.454 e. The van der Waals surface area contributed by atoms with E-state index in [-0.39, 0.29) is 0 Å². The number of rotatable bonds is 4. The summed E-state index contributed by atoms with van der Waals surface area (Å²) in [4.78, 5) is 2.30. The van der Waals surface area contributed by atoms with E-state index in [2.05, 4.69) is 120 Å². The van der Waals surface area contributed by atoms with Gasteiger partial charge in [0, 0.05) is 22.1 Å². The maximum absolute atomic E-state index is 6.42. The summed E-state index contributed by atoms with van der Waals surface area (Å²) in [7, 11) is 0. The predicted molar refractivity (Wildman–Crippen MR) is 146 cm³/mol. The molecule has 0 fully saturated rings. The van der Waals surface area contributed by atoms with Gasteiger partial charge in [-0.15, -0.1) is 0 Å². The highest BCUT2D eigenvalue weighted by atomic mass is 16.3. The summed E-state index contributed by atoms with van der Waals surface area (Å²) in [6, 6.07) is 42.7. The highest BCUT2D eigenvalue weighted by Gasteiger charge is 2.21. The maximum Gasteiger partial charge on any atom is 0.159 e. The van der Waals surface area contributed by atoms with Crippen molar-refractivity contribution >= 4 is 50.6 Å². The van der Waals surface area contributed by atoms with Crippen molar-refractivity contribution in [3.05, 3.63) is 138 Å². The molecule has 2 heteroatoms. The molecule has 0 atom stereocenters. The maximum atomic E-state index is 6.42. The van der Waals surface area contributed by atoms with E-state index in [1.807, 2.05) is 12.1 Å². The molecule has 1 aliphatic carbocycles. The summed E-state index contributed by atoms with van der Waals surface area (Å²) in [5, 5.41) is 2.27. The van der Waals surface area contributed by atoms with E-state index in [1.54, 1.807) is 0 Å². The molecule has 0 spiro atoms. The minimum atomic E-state index is 0.901. The second-order valence-corrected chi connectivity index (χ2v) is 9.02. The Kier molecular flexibility index (Phi) is 4.56. The van der Waals surface area contributed by atoms with Crippen LogP contribution in [0.25, 0.3) is 33.6 Å². The Labute approximate surface area is 204 Å². The van der Waals surface area contributed by atoms with Crippen LogP contribution in [0.3, 0.4) is 0 Å². The first-order valence-corrected chi connectivity index (χ1v) is 12.0. The van der Waals surface area contributed by atoms with E-state index in [0.717, 1.165) is 45.4 Å². The molecule has 166 valence electrons. The average Bonchev–Trinajstić information content (AvgIpc) is 3.52. The summed E-state index contributed by atoms with van der Waals surface area (Å²) in [6.45, 7) is 0. The first kappa shape index (κ1) is 19.9. The molecule has 0 bridgehead atoms. The number of para-hydroxylation sites is 3. The largest absolute Gasteiger partial charge is 0.454 e. The van der Waals surface area contributed by atoms with E-state index in [0.29, 0.717) is 0 Å². The Balaban J connectivity index is 1.41. The van der Waals surface area contributed by atoms with Crippen molar-refractivity contribution in [2.75, 3.05) is 4.90 Å². The summed E-state index contributed by atoms with van der Waals surface area (Å²) < 4.78 is 6.42. The van der Waals surface area contributed by atoms with E-state index in [4.69, 9.17) is 4.42 Å². The molecule has 2 nitrogen and oxygen atoms in total. The van der Waals surface area contributed by atoms with Gasteiger partial charge < -0.3 is 9.32 Å². The topological polar surface area (TPSA) is 16.4 Å². The quantitative estimate of drug-likeness (QED) is 0.267. The van der Waals surface area contributed by atoms with Crippen molar-refractivity contribution in [2.45, 2.75) is 6.42 Å². The van der Waals surface area contributed by atoms with Gasteiger partial charge in [0.05, 0.1) is 5.69 Å². The summed E-state index contributed by atoms with van der Waals surface area (Å²) >= 11 is 0. The van der Waals surface area contributed by atoms with Crippen LogP contribution in [0.4, 0.5) is 17.1 Å². The molecule has 1 heterocycles. The first-order valence-electron chi connectivity index (χ1n) is 12.0. The van der Waals surface area contributed by atoms with Crippen LogP contribution in [-0.2, 0) is 6.42 Å². The fourth-order valence-electron chi connectivity index (χ4n) is 5.21. The molecule has 0 amide bonds. The fraction of sp³-hybridized carbons (Fsp3) is 0.0303. The SMILES string of the molecule is C1=C(c2ccccc2)Cc2ccc(N(c3ccccc3)c3cccc4c3oc3ccccc34)cc21. The number of furan rings is 1. The Morgan fingerprint density at radius 1 is 0.600 bits per heavy atom. The van der Waals surface area contributed by atoms with Crippen LogP contribution in [0.15, 0.2) is 126 Å². The Morgan fingerprint density at radius 3 is 2.20 bits per heavy atom. The van der Waals surface area contributed by atoms with Gasteiger partial charge in [0.1, 0.15) is 5.58 Å². The number of fused-ring (bicyclic) bond motifs is 4. The van der Waals surface area contributed by atoms with Gasteiger partial charge in [-0.2, -0.15) is 0 Å². The third kappa shape index (κ3) is 3.34. The highest BCUT2D eigenvalue weighted by molar-refractivity contribution is 6.10. The highest BCUT2D eigenvalue weighted by Crippen LogP contribution is 2.43. The molecule has 0 saturated heterocycles. The van der Waals surface area contributed by atoms with E-state index in [9.17, 15) is 0 Å². The van der Waals surface area contributed by atoms with Crippen LogP contribution in [0.5, 0.6) is 0 Å². The summed E-state index contributed by atoms with van der Waals surface area (Å²) in [5.41, 5.74) is 10.4. The smallest absolute Gasteiger partial charge is 0.159 e. The third-order valence-corrected chi connectivity index (χ3v) is 6.88. The second-order valence-electron chi connectivity index (χ2n) is 9.02. The van der Waals surface area contributed by atoms with Crippen molar-refractivity contribution in [2.24, 2.45) is 0 Å². The van der Waals surface area contributed by atoms with Gasteiger partial charge in [-0.25, -0.2) is 0 Å². The zero-order valence-electron chi connectivity index (χ0n) is 19.2. The fourth-order valence-corrected chi connectivity index (χ4v) is 5.21. The lowest BCUT2D eigenvalue weighted by molar-refractivity contribution is 0.669. The molecule has 0 aliphatic heterocycles. The lowest BCUT2D eigenvalue weighted by Crippen LogP contribution is -2.10. The van der Waals surface area contributed by atoms with Crippen LogP contribution in [0, 0.1) is 0 Å². The zero-order chi connectivity index (χ0) is 23.2. The summed E-state index contributed by atoms with van der Waals surface area (Å²) in [5.74, 6) is 0. The van der Waals surface area contributed by atoms with Gasteiger partial charge in [0.15, 0.2) is 5.58 Å². The Morgan fingerprint density at radius 2 is 1.34 bits per heavy atom. The van der Waals surface area contributed by atoms with Crippen LogP contribution in [0.1, 0.15) is 16.7 Å². The van der Waals surface area contributed by atoms with Gasteiger partial charge >= 0.3 is 0 Å². The number of allylic oxidation sites excluding steroid dienone is 1.